The van der Waals surface area contributed by atoms with E-state index in [9.17, 15) is 4.79 Å². The summed E-state index contributed by atoms with van der Waals surface area (Å²) in [5.41, 5.74) is 3.99. The summed E-state index contributed by atoms with van der Waals surface area (Å²) >= 11 is 0. The Morgan fingerprint density at radius 2 is 1.85 bits per heavy atom. The molecule has 6 nitrogen and oxygen atoms in total. The molecule has 0 atom stereocenters. The Labute approximate surface area is 158 Å². The zero-order chi connectivity index (χ0) is 18.6. The van der Waals surface area contributed by atoms with Crippen molar-refractivity contribution in [3.63, 3.8) is 0 Å². The quantitative estimate of drug-likeness (QED) is 0.715. The van der Waals surface area contributed by atoms with Crippen LogP contribution in [0.4, 0.5) is 5.69 Å². The average Bonchev–Trinajstić information content (AvgIpc) is 3.13. The molecule has 0 N–H and O–H groups in total. The Bertz CT molecular complexity index is 906. The van der Waals surface area contributed by atoms with Crippen molar-refractivity contribution >= 4 is 11.6 Å². The van der Waals surface area contributed by atoms with Crippen LogP contribution in [0.15, 0.2) is 59.7 Å². The van der Waals surface area contributed by atoms with Crippen LogP contribution in [-0.2, 0) is 0 Å². The monoisotopic (exact) mass is 362 g/mol. The summed E-state index contributed by atoms with van der Waals surface area (Å²) in [5, 5.41) is 0. The van der Waals surface area contributed by atoms with Gasteiger partial charge in [0.1, 0.15) is 0 Å². The average molecular weight is 362 g/mol. The molecule has 0 bridgehead atoms. The Morgan fingerprint density at radius 1 is 1.00 bits per heavy atom. The molecule has 0 unspecified atom stereocenters. The molecule has 0 spiro atoms. The highest BCUT2D eigenvalue weighted by molar-refractivity contribution is 5.94. The Balaban J connectivity index is 1.44. The predicted octanol–water partition coefficient (Wildman–Crippen LogP) is 3.40. The maximum Gasteiger partial charge on any atom is 0.253 e. The van der Waals surface area contributed by atoms with Crippen LogP contribution in [0.1, 0.15) is 22.3 Å². The van der Waals surface area contributed by atoms with Crippen molar-refractivity contribution in [1.29, 1.82) is 0 Å². The van der Waals surface area contributed by atoms with Gasteiger partial charge in [0.25, 0.3) is 5.91 Å². The number of aromatic nitrogens is 2. The number of nitrogens with zero attached hydrogens (tertiary/aromatic N) is 4. The van der Waals surface area contributed by atoms with Gasteiger partial charge in [0.15, 0.2) is 12.2 Å². The van der Waals surface area contributed by atoms with Crippen molar-refractivity contribution < 1.29 is 9.21 Å². The number of aryl methyl sites for hydroxylation is 1. The third-order valence-electron chi connectivity index (χ3n) is 4.96. The fourth-order valence-electron chi connectivity index (χ4n) is 3.50. The lowest BCUT2D eigenvalue weighted by Gasteiger charge is -2.25. The van der Waals surface area contributed by atoms with Gasteiger partial charge in [-0.2, -0.15) is 0 Å². The Morgan fingerprint density at radius 3 is 2.59 bits per heavy atom. The number of anilines is 1. The molecule has 1 fully saturated rings. The minimum atomic E-state index is 0.0763. The van der Waals surface area contributed by atoms with Crippen molar-refractivity contribution in [2.45, 2.75) is 13.3 Å². The molecule has 0 radical (unpaired) electrons. The van der Waals surface area contributed by atoms with Crippen LogP contribution < -0.4 is 4.90 Å². The summed E-state index contributed by atoms with van der Waals surface area (Å²) in [7, 11) is 0. The second kappa shape index (κ2) is 7.61. The Hall–Kier alpha value is -3.15. The molecular weight excluding hydrogens is 340 g/mol. The number of pyridine rings is 1. The second-order valence-electron chi connectivity index (χ2n) is 6.74. The highest BCUT2D eigenvalue weighted by Gasteiger charge is 2.21. The number of benzene rings is 1. The third-order valence-corrected chi connectivity index (χ3v) is 4.96. The summed E-state index contributed by atoms with van der Waals surface area (Å²) in [5.74, 6) is 0.777. The van der Waals surface area contributed by atoms with E-state index in [0.717, 1.165) is 31.6 Å². The maximum absolute atomic E-state index is 12.9. The van der Waals surface area contributed by atoms with Gasteiger partial charge in [0.05, 0.1) is 6.20 Å². The van der Waals surface area contributed by atoms with Gasteiger partial charge >= 0.3 is 0 Å². The number of carbonyl (C=O) groups is 1. The van der Waals surface area contributed by atoms with E-state index in [1.54, 1.807) is 6.20 Å². The first-order valence-electron chi connectivity index (χ1n) is 9.16. The number of amides is 1. The van der Waals surface area contributed by atoms with Crippen LogP contribution in [0.2, 0.25) is 0 Å². The molecule has 3 heterocycles. The van der Waals surface area contributed by atoms with Gasteiger partial charge in [-0.05, 0) is 37.1 Å². The molecule has 1 aliphatic heterocycles. The molecule has 1 amide bonds. The number of oxazole rings is 1. The van der Waals surface area contributed by atoms with Gasteiger partial charge < -0.3 is 14.2 Å². The first kappa shape index (κ1) is 17.3. The number of rotatable bonds is 3. The fraction of sp³-hybridized carbons (Fsp3) is 0.286. The van der Waals surface area contributed by atoms with Gasteiger partial charge in [0, 0.05) is 55.4 Å². The number of hydrogen-bond donors (Lipinski definition) is 0. The molecule has 1 aromatic carbocycles. The lowest BCUT2D eigenvalue weighted by atomic mass is 10.1. The van der Waals surface area contributed by atoms with Crippen molar-refractivity contribution in [1.82, 2.24) is 14.9 Å². The maximum atomic E-state index is 12.9. The van der Waals surface area contributed by atoms with Crippen LogP contribution >= 0.6 is 0 Å². The van der Waals surface area contributed by atoms with Crippen molar-refractivity contribution in [2.75, 3.05) is 31.1 Å². The van der Waals surface area contributed by atoms with E-state index >= 15 is 0 Å². The first-order chi connectivity index (χ1) is 13.2. The lowest BCUT2D eigenvalue weighted by molar-refractivity contribution is 0.0767. The molecule has 0 aliphatic carbocycles. The first-order valence-corrected chi connectivity index (χ1v) is 9.16. The topological polar surface area (TPSA) is 62.5 Å². The van der Waals surface area contributed by atoms with Crippen LogP contribution in [0.3, 0.4) is 0 Å². The van der Waals surface area contributed by atoms with E-state index in [1.807, 2.05) is 41.6 Å². The largest absolute Gasteiger partial charge is 0.444 e. The molecule has 0 saturated carbocycles. The van der Waals surface area contributed by atoms with Crippen LogP contribution in [0.5, 0.6) is 0 Å². The minimum Gasteiger partial charge on any atom is -0.444 e. The highest BCUT2D eigenvalue weighted by atomic mass is 16.3. The van der Waals surface area contributed by atoms with E-state index in [2.05, 4.69) is 27.9 Å². The van der Waals surface area contributed by atoms with Crippen LogP contribution in [0, 0.1) is 6.92 Å². The predicted molar refractivity (Wildman–Crippen MR) is 104 cm³/mol. The van der Waals surface area contributed by atoms with Crippen LogP contribution in [0.25, 0.3) is 11.3 Å². The summed E-state index contributed by atoms with van der Waals surface area (Å²) in [4.78, 5) is 25.3. The van der Waals surface area contributed by atoms with Gasteiger partial charge in [-0.25, -0.2) is 4.98 Å². The normalized spacial score (nSPS) is 14.9. The standard InChI is InChI=1S/C21H22N4O2/c1-16-13-22-8-7-19(16)24-9-2-10-25(12-11-24)21(26)18-5-3-17(4-6-18)20-14-23-15-27-20/h3-8,13-15H,2,9-12H2,1H3. The molecule has 2 aromatic heterocycles. The van der Waals surface area contributed by atoms with E-state index < -0.39 is 0 Å². The summed E-state index contributed by atoms with van der Waals surface area (Å²) in [6.45, 7) is 5.33. The third kappa shape index (κ3) is 3.69. The van der Waals surface area contributed by atoms with Gasteiger partial charge in [-0.3, -0.25) is 9.78 Å². The molecular formula is C21H22N4O2. The molecule has 3 aromatic rings. The van der Waals surface area contributed by atoms with E-state index in [1.165, 1.54) is 17.6 Å². The lowest BCUT2D eigenvalue weighted by Crippen LogP contribution is -2.35. The SMILES string of the molecule is Cc1cnccc1N1CCCN(C(=O)c2ccc(-c3cnco3)cc2)CC1. The second-order valence-corrected chi connectivity index (χ2v) is 6.74. The molecule has 27 heavy (non-hydrogen) atoms. The van der Waals surface area contributed by atoms with Gasteiger partial charge in [-0.15, -0.1) is 0 Å². The summed E-state index contributed by atoms with van der Waals surface area (Å²) in [6, 6.07) is 9.57. The molecule has 1 aliphatic rings. The molecule has 138 valence electrons. The van der Waals surface area contributed by atoms with Crippen molar-refractivity contribution in [2.24, 2.45) is 0 Å². The number of carbonyl (C=O) groups excluding carboxylic acids is 1. The molecule has 6 heteroatoms. The van der Waals surface area contributed by atoms with E-state index in [-0.39, 0.29) is 5.91 Å². The van der Waals surface area contributed by atoms with Crippen molar-refractivity contribution in [3.8, 4) is 11.3 Å². The highest BCUT2D eigenvalue weighted by Crippen LogP contribution is 2.22. The minimum absolute atomic E-state index is 0.0763. The van der Waals surface area contributed by atoms with Crippen LogP contribution in [-0.4, -0.2) is 47.0 Å². The zero-order valence-electron chi connectivity index (χ0n) is 15.3. The molecule has 4 rings (SSSR count). The smallest absolute Gasteiger partial charge is 0.253 e. The van der Waals surface area contributed by atoms with Crippen molar-refractivity contribution in [3.05, 3.63) is 66.4 Å². The van der Waals surface area contributed by atoms with E-state index in [4.69, 9.17) is 4.42 Å². The number of hydrogen-bond acceptors (Lipinski definition) is 5. The Kier molecular flexibility index (Phi) is 4.87. The zero-order valence-corrected chi connectivity index (χ0v) is 15.3. The van der Waals surface area contributed by atoms with Gasteiger partial charge in [0.2, 0.25) is 0 Å². The van der Waals surface area contributed by atoms with E-state index in [0.29, 0.717) is 17.9 Å². The summed E-state index contributed by atoms with van der Waals surface area (Å²) < 4.78 is 5.30. The summed E-state index contributed by atoms with van der Waals surface area (Å²) in [6.07, 6.45) is 7.73. The fourth-order valence-corrected chi connectivity index (χ4v) is 3.50. The van der Waals surface area contributed by atoms with Gasteiger partial charge in [-0.1, -0.05) is 12.1 Å². The molecule has 1 saturated heterocycles.